The lowest BCUT2D eigenvalue weighted by Gasteiger charge is -2.36. The number of pyridine rings is 1. The fourth-order valence-electron chi connectivity index (χ4n) is 4.08. The zero-order chi connectivity index (χ0) is 17.2. The fraction of sp³-hybridized carbons (Fsp3) is 0.579. The molecule has 1 N–H and O–H groups in total. The van der Waals surface area contributed by atoms with Crippen LogP contribution < -0.4 is 0 Å². The number of carbonyl (C=O) groups excluding carboxylic acids is 1. The predicted molar refractivity (Wildman–Crippen MR) is 95.0 cm³/mol. The van der Waals surface area contributed by atoms with E-state index in [0.29, 0.717) is 6.54 Å². The van der Waals surface area contributed by atoms with E-state index in [4.69, 9.17) is 0 Å². The predicted octanol–water partition coefficient (Wildman–Crippen LogP) is 1.53. The van der Waals surface area contributed by atoms with Gasteiger partial charge in [0, 0.05) is 31.7 Å². The first-order chi connectivity index (χ1) is 12.2. The summed E-state index contributed by atoms with van der Waals surface area (Å²) in [7, 11) is 0. The van der Waals surface area contributed by atoms with Crippen LogP contribution in [-0.2, 0) is 11.3 Å². The van der Waals surface area contributed by atoms with Gasteiger partial charge >= 0.3 is 0 Å². The van der Waals surface area contributed by atoms with Crippen LogP contribution in [0.1, 0.15) is 31.4 Å². The summed E-state index contributed by atoms with van der Waals surface area (Å²) in [6.07, 6.45) is 7.20. The van der Waals surface area contributed by atoms with Crippen LogP contribution in [-0.4, -0.2) is 62.5 Å². The Morgan fingerprint density at radius 1 is 1.20 bits per heavy atom. The Balaban J connectivity index is 1.33. The third kappa shape index (κ3) is 3.55. The smallest absolute Gasteiger partial charge is 0.225 e. The average Bonchev–Trinajstić information content (AvgIpc) is 3.05. The van der Waals surface area contributed by atoms with Crippen molar-refractivity contribution >= 4 is 11.6 Å². The first-order valence-corrected chi connectivity index (χ1v) is 9.31. The lowest BCUT2D eigenvalue weighted by atomic mass is 9.94. The van der Waals surface area contributed by atoms with Gasteiger partial charge in [-0.05, 0) is 50.9 Å². The van der Waals surface area contributed by atoms with Crippen molar-refractivity contribution in [1.29, 1.82) is 0 Å². The standard InChI is InChI=1S/C19H26N4O2/c24-17-4-3-8-22(14-17)19(25)15-6-10-21(11-7-15)13-16-12-20-18-5-1-2-9-23(16)18/h1-2,5,9,12,15,17,24H,3-4,6-8,10-11,13-14H2. The van der Waals surface area contributed by atoms with Crippen molar-refractivity contribution < 1.29 is 9.90 Å². The van der Waals surface area contributed by atoms with E-state index < -0.39 is 0 Å². The molecule has 1 unspecified atom stereocenters. The van der Waals surface area contributed by atoms with Gasteiger partial charge in [0.05, 0.1) is 18.0 Å². The summed E-state index contributed by atoms with van der Waals surface area (Å²) in [5.41, 5.74) is 2.17. The second-order valence-corrected chi connectivity index (χ2v) is 7.31. The zero-order valence-electron chi connectivity index (χ0n) is 14.5. The quantitative estimate of drug-likeness (QED) is 0.919. The summed E-state index contributed by atoms with van der Waals surface area (Å²) in [5, 5.41) is 9.79. The molecule has 2 aromatic rings. The maximum atomic E-state index is 12.7. The number of rotatable bonds is 3. The monoisotopic (exact) mass is 342 g/mol. The number of aliphatic hydroxyl groups is 1. The summed E-state index contributed by atoms with van der Waals surface area (Å²) in [4.78, 5) is 21.4. The second kappa shape index (κ2) is 7.14. The van der Waals surface area contributed by atoms with Crippen molar-refractivity contribution in [3.63, 3.8) is 0 Å². The Kier molecular flexibility index (Phi) is 4.72. The number of likely N-dealkylation sites (tertiary alicyclic amines) is 2. The van der Waals surface area contributed by atoms with Gasteiger partial charge in [-0.15, -0.1) is 0 Å². The third-order valence-electron chi connectivity index (χ3n) is 5.52. The number of hydrogen-bond acceptors (Lipinski definition) is 4. The molecule has 2 aromatic heterocycles. The topological polar surface area (TPSA) is 61.1 Å². The number of aromatic nitrogens is 2. The highest BCUT2D eigenvalue weighted by Crippen LogP contribution is 2.23. The molecule has 0 radical (unpaired) electrons. The molecule has 2 fully saturated rings. The number of piperidine rings is 2. The number of hydrogen-bond donors (Lipinski definition) is 1. The van der Waals surface area contributed by atoms with Gasteiger partial charge in [-0.2, -0.15) is 0 Å². The van der Waals surface area contributed by atoms with E-state index in [0.717, 1.165) is 57.5 Å². The van der Waals surface area contributed by atoms with Gasteiger partial charge in [0.15, 0.2) is 0 Å². The molecule has 0 bridgehead atoms. The minimum Gasteiger partial charge on any atom is -0.391 e. The number of β-amino-alcohol motifs (C(OH)–C–C–N with tert-alkyl or cyclic N) is 1. The van der Waals surface area contributed by atoms with E-state index in [1.807, 2.05) is 29.3 Å². The highest BCUT2D eigenvalue weighted by atomic mass is 16.3. The third-order valence-corrected chi connectivity index (χ3v) is 5.52. The van der Waals surface area contributed by atoms with Crippen LogP contribution in [0.3, 0.4) is 0 Å². The molecule has 134 valence electrons. The summed E-state index contributed by atoms with van der Waals surface area (Å²) in [6, 6.07) is 6.04. The Hall–Kier alpha value is -1.92. The van der Waals surface area contributed by atoms with E-state index in [9.17, 15) is 9.90 Å². The second-order valence-electron chi connectivity index (χ2n) is 7.31. The maximum absolute atomic E-state index is 12.7. The molecule has 4 rings (SSSR count). The number of aliphatic hydroxyl groups excluding tert-OH is 1. The highest BCUT2D eigenvalue weighted by molar-refractivity contribution is 5.79. The SMILES string of the molecule is O=C(C1CCN(Cc2cnc3ccccn23)CC1)N1CCCC(O)C1. The average molecular weight is 342 g/mol. The fourth-order valence-corrected chi connectivity index (χ4v) is 4.08. The Bertz CT molecular complexity index is 736. The number of fused-ring (bicyclic) bond motifs is 1. The van der Waals surface area contributed by atoms with E-state index in [1.165, 1.54) is 5.69 Å². The van der Waals surface area contributed by atoms with Gasteiger partial charge in [-0.25, -0.2) is 4.98 Å². The first kappa shape index (κ1) is 16.5. The number of imidazole rings is 1. The summed E-state index contributed by atoms with van der Waals surface area (Å²) < 4.78 is 2.13. The molecule has 0 spiro atoms. The molecule has 6 nitrogen and oxygen atoms in total. The van der Waals surface area contributed by atoms with E-state index >= 15 is 0 Å². The zero-order valence-corrected chi connectivity index (χ0v) is 14.5. The van der Waals surface area contributed by atoms with Crippen molar-refractivity contribution in [1.82, 2.24) is 19.2 Å². The van der Waals surface area contributed by atoms with Crippen LogP contribution in [0.15, 0.2) is 30.6 Å². The molecular weight excluding hydrogens is 316 g/mol. The largest absolute Gasteiger partial charge is 0.391 e. The van der Waals surface area contributed by atoms with Crippen LogP contribution in [0.5, 0.6) is 0 Å². The molecule has 1 atom stereocenters. The van der Waals surface area contributed by atoms with Gasteiger partial charge in [0.1, 0.15) is 5.65 Å². The minimum absolute atomic E-state index is 0.115. The molecule has 4 heterocycles. The lowest BCUT2D eigenvalue weighted by Crippen LogP contribution is -2.47. The van der Waals surface area contributed by atoms with Gasteiger partial charge < -0.3 is 14.4 Å². The molecule has 2 saturated heterocycles. The molecular formula is C19H26N4O2. The normalized spacial score (nSPS) is 23.2. The van der Waals surface area contributed by atoms with Crippen LogP contribution in [0.4, 0.5) is 0 Å². The van der Waals surface area contributed by atoms with Crippen LogP contribution in [0.2, 0.25) is 0 Å². The van der Waals surface area contributed by atoms with Crippen LogP contribution in [0.25, 0.3) is 5.65 Å². The number of nitrogens with zero attached hydrogens (tertiary/aromatic N) is 4. The molecule has 0 aliphatic carbocycles. The van der Waals surface area contributed by atoms with Crippen molar-refractivity contribution in [3.8, 4) is 0 Å². The summed E-state index contributed by atoms with van der Waals surface area (Å²) in [6.45, 7) is 4.06. The Labute approximate surface area is 148 Å². The van der Waals surface area contributed by atoms with Crippen molar-refractivity contribution in [2.45, 2.75) is 38.3 Å². The summed E-state index contributed by atoms with van der Waals surface area (Å²) in [5.74, 6) is 0.358. The molecule has 25 heavy (non-hydrogen) atoms. The number of carbonyl (C=O) groups is 1. The molecule has 2 aliphatic heterocycles. The maximum Gasteiger partial charge on any atom is 0.225 e. The van der Waals surface area contributed by atoms with Crippen molar-refractivity contribution in [3.05, 3.63) is 36.3 Å². The van der Waals surface area contributed by atoms with Crippen LogP contribution in [0, 0.1) is 5.92 Å². The van der Waals surface area contributed by atoms with Gasteiger partial charge in [-0.1, -0.05) is 6.07 Å². The van der Waals surface area contributed by atoms with E-state index in [1.54, 1.807) is 0 Å². The van der Waals surface area contributed by atoms with E-state index in [-0.39, 0.29) is 17.9 Å². The Morgan fingerprint density at radius 3 is 2.84 bits per heavy atom. The highest BCUT2D eigenvalue weighted by Gasteiger charge is 2.31. The molecule has 1 amide bonds. The molecule has 6 heteroatoms. The molecule has 2 aliphatic rings. The first-order valence-electron chi connectivity index (χ1n) is 9.31. The molecule has 0 aromatic carbocycles. The van der Waals surface area contributed by atoms with Gasteiger partial charge in [-0.3, -0.25) is 9.69 Å². The minimum atomic E-state index is -0.340. The van der Waals surface area contributed by atoms with Crippen LogP contribution >= 0.6 is 0 Å². The lowest BCUT2D eigenvalue weighted by molar-refractivity contribution is -0.140. The molecule has 0 saturated carbocycles. The van der Waals surface area contributed by atoms with Crippen molar-refractivity contribution in [2.24, 2.45) is 5.92 Å². The van der Waals surface area contributed by atoms with Crippen molar-refractivity contribution in [2.75, 3.05) is 26.2 Å². The number of amides is 1. The van der Waals surface area contributed by atoms with Gasteiger partial charge in [0.25, 0.3) is 0 Å². The van der Waals surface area contributed by atoms with Gasteiger partial charge in [0.2, 0.25) is 5.91 Å². The Morgan fingerprint density at radius 2 is 2.04 bits per heavy atom. The summed E-state index contributed by atoms with van der Waals surface area (Å²) >= 11 is 0. The van der Waals surface area contributed by atoms with E-state index in [2.05, 4.69) is 20.5 Å².